The van der Waals surface area contributed by atoms with Crippen LogP contribution in [-0.4, -0.2) is 39.7 Å². The number of hydrogen-bond acceptors (Lipinski definition) is 3. The SMILES string of the molecule is CC(=O)N1CC[C@@H](NCc2cnn(Cc3ccccc3)c2)[C@@H](C)C1. The summed E-state index contributed by atoms with van der Waals surface area (Å²) in [6, 6.07) is 10.8. The van der Waals surface area contributed by atoms with Crippen molar-refractivity contribution in [3.8, 4) is 0 Å². The van der Waals surface area contributed by atoms with Crippen molar-refractivity contribution in [2.45, 2.75) is 39.4 Å². The Balaban J connectivity index is 1.50. The molecular formula is C19H26N4O. The van der Waals surface area contributed by atoms with E-state index in [1.54, 1.807) is 6.92 Å². The fraction of sp³-hybridized carbons (Fsp3) is 0.474. The number of rotatable bonds is 5. The Morgan fingerprint density at radius 3 is 2.79 bits per heavy atom. The Morgan fingerprint density at radius 1 is 1.29 bits per heavy atom. The first kappa shape index (κ1) is 16.7. The van der Waals surface area contributed by atoms with E-state index in [-0.39, 0.29) is 5.91 Å². The summed E-state index contributed by atoms with van der Waals surface area (Å²) in [6.45, 7) is 7.19. The normalized spacial score (nSPS) is 21.0. The molecule has 5 heteroatoms. The van der Waals surface area contributed by atoms with E-state index >= 15 is 0 Å². The molecule has 24 heavy (non-hydrogen) atoms. The van der Waals surface area contributed by atoms with Crippen LogP contribution in [0.25, 0.3) is 0 Å². The second kappa shape index (κ2) is 7.62. The minimum Gasteiger partial charge on any atom is -0.343 e. The van der Waals surface area contributed by atoms with Crippen molar-refractivity contribution in [3.05, 3.63) is 53.9 Å². The second-order valence-electron chi connectivity index (χ2n) is 6.75. The lowest BCUT2D eigenvalue weighted by Crippen LogP contribution is -2.49. The van der Waals surface area contributed by atoms with Crippen LogP contribution in [0.3, 0.4) is 0 Å². The van der Waals surface area contributed by atoms with Crippen molar-refractivity contribution in [3.63, 3.8) is 0 Å². The summed E-state index contributed by atoms with van der Waals surface area (Å²) >= 11 is 0. The Morgan fingerprint density at radius 2 is 2.08 bits per heavy atom. The predicted molar refractivity (Wildman–Crippen MR) is 94.4 cm³/mol. The first-order chi connectivity index (χ1) is 11.6. The molecule has 1 aliphatic rings. The molecule has 1 N–H and O–H groups in total. The first-order valence-corrected chi connectivity index (χ1v) is 8.66. The monoisotopic (exact) mass is 326 g/mol. The fourth-order valence-electron chi connectivity index (χ4n) is 3.34. The van der Waals surface area contributed by atoms with Gasteiger partial charge in [0.15, 0.2) is 0 Å². The van der Waals surface area contributed by atoms with Gasteiger partial charge in [0.05, 0.1) is 12.7 Å². The molecule has 1 aliphatic heterocycles. The first-order valence-electron chi connectivity index (χ1n) is 8.66. The predicted octanol–water partition coefficient (Wildman–Crippen LogP) is 2.28. The molecular weight excluding hydrogens is 300 g/mol. The molecule has 1 fully saturated rings. The van der Waals surface area contributed by atoms with Gasteiger partial charge in [-0.3, -0.25) is 9.48 Å². The average Bonchev–Trinajstić information content (AvgIpc) is 3.02. The van der Waals surface area contributed by atoms with Crippen molar-refractivity contribution < 1.29 is 4.79 Å². The molecule has 5 nitrogen and oxygen atoms in total. The van der Waals surface area contributed by atoms with Crippen molar-refractivity contribution in [2.24, 2.45) is 5.92 Å². The van der Waals surface area contributed by atoms with Crippen LogP contribution in [0, 0.1) is 5.92 Å². The number of aromatic nitrogens is 2. The minimum atomic E-state index is 0.183. The van der Waals surface area contributed by atoms with Gasteiger partial charge in [0.2, 0.25) is 5.91 Å². The highest BCUT2D eigenvalue weighted by Crippen LogP contribution is 2.17. The summed E-state index contributed by atoms with van der Waals surface area (Å²) in [7, 11) is 0. The van der Waals surface area contributed by atoms with Crippen molar-refractivity contribution in [1.82, 2.24) is 20.0 Å². The van der Waals surface area contributed by atoms with E-state index in [2.05, 4.69) is 47.8 Å². The van der Waals surface area contributed by atoms with Gasteiger partial charge in [0, 0.05) is 44.4 Å². The van der Waals surface area contributed by atoms with Gasteiger partial charge in [0.25, 0.3) is 0 Å². The zero-order chi connectivity index (χ0) is 16.9. The van der Waals surface area contributed by atoms with Gasteiger partial charge in [-0.25, -0.2) is 0 Å². The van der Waals surface area contributed by atoms with Crippen LogP contribution in [0.5, 0.6) is 0 Å². The summed E-state index contributed by atoms with van der Waals surface area (Å²) in [5.41, 5.74) is 2.46. The highest BCUT2D eigenvalue weighted by atomic mass is 16.2. The quantitative estimate of drug-likeness (QED) is 0.917. The number of piperidine rings is 1. The third-order valence-electron chi connectivity index (χ3n) is 4.79. The van der Waals surface area contributed by atoms with Crippen molar-refractivity contribution in [2.75, 3.05) is 13.1 Å². The standard InChI is InChI=1S/C19H26N4O/c1-15-12-22(16(2)24)9-8-19(15)20-10-18-11-21-23(14-18)13-17-6-4-3-5-7-17/h3-7,11,14-15,19-20H,8-10,12-13H2,1-2H3/t15-,19+/m0/s1. The second-order valence-corrected chi connectivity index (χ2v) is 6.75. The van der Waals surface area contributed by atoms with Crippen LogP contribution in [0.1, 0.15) is 31.4 Å². The largest absolute Gasteiger partial charge is 0.343 e. The number of amides is 1. The molecule has 3 rings (SSSR count). The van der Waals surface area contributed by atoms with E-state index in [1.165, 1.54) is 11.1 Å². The van der Waals surface area contributed by atoms with Gasteiger partial charge in [-0.1, -0.05) is 37.3 Å². The van der Waals surface area contributed by atoms with Crippen LogP contribution < -0.4 is 5.32 Å². The molecule has 2 atom stereocenters. The van der Waals surface area contributed by atoms with Gasteiger partial charge in [-0.2, -0.15) is 5.10 Å². The van der Waals surface area contributed by atoms with Gasteiger partial charge in [-0.05, 0) is 17.9 Å². The highest BCUT2D eigenvalue weighted by molar-refractivity contribution is 5.73. The molecule has 2 heterocycles. The van der Waals surface area contributed by atoms with Crippen molar-refractivity contribution in [1.29, 1.82) is 0 Å². The summed E-state index contributed by atoms with van der Waals surface area (Å²) in [6.07, 6.45) is 5.06. The Hall–Kier alpha value is -2.14. The molecule has 0 saturated carbocycles. The number of benzene rings is 1. The van der Waals surface area contributed by atoms with Crippen LogP contribution in [0.4, 0.5) is 0 Å². The van der Waals surface area contributed by atoms with E-state index in [0.717, 1.165) is 32.6 Å². The fourth-order valence-corrected chi connectivity index (χ4v) is 3.34. The smallest absolute Gasteiger partial charge is 0.219 e. The average molecular weight is 326 g/mol. The van der Waals surface area contributed by atoms with Crippen LogP contribution in [0.15, 0.2) is 42.7 Å². The van der Waals surface area contributed by atoms with Crippen molar-refractivity contribution >= 4 is 5.91 Å². The molecule has 1 aromatic heterocycles. The molecule has 128 valence electrons. The topological polar surface area (TPSA) is 50.2 Å². The molecule has 2 aromatic rings. The molecule has 0 radical (unpaired) electrons. The Bertz CT molecular complexity index is 667. The number of carbonyl (C=O) groups is 1. The van der Waals surface area contributed by atoms with E-state index < -0.39 is 0 Å². The zero-order valence-corrected chi connectivity index (χ0v) is 14.5. The molecule has 0 spiro atoms. The third-order valence-corrected chi connectivity index (χ3v) is 4.79. The number of hydrogen-bond donors (Lipinski definition) is 1. The lowest BCUT2D eigenvalue weighted by Gasteiger charge is -2.37. The van der Waals surface area contributed by atoms with E-state index in [9.17, 15) is 4.79 Å². The number of carbonyl (C=O) groups excluding carboxylic acids is 1. The van der Waals surface area contributed by atoms with Gasteiger partial charge in [-0.15, -0.1) is 0 Å². The molecule has 0 aliphatic carbocycles. The number of nitrogens with zero attached hydrogens (tertiary/aromatic N) is 3. The molecule has 0 bridgehead atoms. The molecule has 1 saturated heterocycles. The summed E-state index contributed by atoms with van der Waals surface area (Å²) in [4.78, 5) is 13.4. The molecule has 1 aromatic carbocycles. The highest BCUT2D eigenvalue weighted by Gasteiger charge is 2.26. The van der Waals surface area contributed by atoms with Crippen LogP contribution in [0.2, 0.25) is 0 Å². The van der Waals surface area contributed by atoms with E-state index in [0.29, 0.717) is 12.0 Å². The molecule has 1 amide bonds. The Kier molecular flexibility index (Phi) is 5.30. The number of nitrogens with one attached hydrogen (secondary N) is 1. The maximum atomic E-state index is 11.5. The third kappa shape index (κ3) is 4.23. The van der Waals surface area contributed by atoms with Crippen LogP contribution >= 0.6 is 0 Å². The van der Waals surface area contributed by atoms with Crippen LogP contribution in [-0.2, 0) is 17.9 Å². The Labute approximate surface area is 143 Å². The summed E-state index contributed by atoms with van der Waals surface area (Å²) in [5.74, 6) is 0.657. The minimum absolute atomic E-state index is 0.183. The van der Waals surface area contributed by atoms with Gasteiger partial charge >= 0.3 is 0 Å². The maximum absolute atomic E-state index is 11.5. The van der Waals surface area contributed by atoms with E-state index in [1.807, 2.05) is 21.8 Å². The summed E-state index contributed by atoms with van der Waals surface area (Å²) < 4.78 is 1.98. The lowest BCUT2D eigenvalue weighted by molar-refractivity contribution is -0.130. The van der Waals surface area contributed by atoms with Gasteiger partial charge in [0.1, 0.15) is 0 Å². The zero-order valence-electron chi connectivity index (χ0n) is 14.5. The van der Waals surface area contributed by atoms with E-state index in [4.69, 9.17) is 0 Å². The summed E-state index contributed by atoms with van der Waals surface area (Å²) in [5, 5.41) is 8.09. The maximum Gasteiger partial charge on any atom is 0.219 e. The lowest BCUT2D eigenvalue weighted by atomic mass is 9.93. The van der Waals surface area contributed by atoms with Gasteiger partial charge < -0.3 is 10.2 Å². The molecule has 0 unspecified atom stereocenters. The number of likely N-dealkylation sites (tertiary alicyclic amines) is 1.